The van der Waals surface area contributed by atoms with E-state index in [9.17, 15) is 13.2 Å². The van der Waals surface area contributed by atoms with Crippen molar-refractivity contribution in [3.63, 3.8) is 0 Å². The predicted molar refractivity (Wildman–Crippen MR) is 123 cm³/mol. The Kier molecular flexibility index (Phi) is 10.8. The maximum absolute atomic E-state index is 12.8. The third-order valence-electron chi connectivity index (χ3n) is 4.98. The molecule has 0 aliphatic heterocycles. The van der Waals surface area contributed by atoms with E-state index in [-0.39, 0.29) is 6.42 Å². The van der Waals surface area contributed by atoms with Gasteiger partial charge >= 0.3 is 16.2 Å². The van der Waals surface area contributed by atoms with Crippen LogP contribution in [0.15, 0.2) is 24.3 Å². The minimum Gasteiger partial charge on any atom is -0.481 e. The quantitative estimate of drug-likeness (QED) is 0.322. The van der Waals surface area contributed by atoms with E-state index in [0.29, 0.717) is 16.7 Å². The van der Waals surface area contributed by atoms with E-state index < -0.39 is 22.2 Å². The van der Waals surface area contributed by atoms with Gasteiger partial charge in [0.25, 0.3) is 0 Å². The maximum atomic E-state index is 12.8. The van der Waals surface area contributed by atoms with Gasteiger partial charge in [0.2, 0.25) is 0 Å². The molecule has 8 heteroatoms. The highest BCUT2D eigenvalue weighted by Crippen LogP contribution is 2.19. The van der Waals surface area contributed by atoms with Crippen molar-refractivity contribution in [2.45, 2.75) is 64.3 Å². The number of hydrogen-bond donors (Lipinski definition) is 2. The third-order valence-corrected chi connectivity index (χ3v) is 6.55. The lowest BCUT2D eigenvalue weighted by Gasteiger charge is -2.30. The number of nitrogens with one attached hydrogen (secondary N) is 1. The Hall–Kier alpha value is -1.64. The second kappa shape index (κ2) is 12.3. The second-order valence-electron chi connectivity index (χ2n) is 9.04. The van der Waals surface area contributed by atoms with Crippen molar-refractivity contribution in [1.29, 1.82) is 0 Å². The summed E-state index contributed by atoms with van der Waals surface area (Å²) in [5.41, 5.74) is 1.75. The number of carboxylic acid groups (broad SMARTS) is 1. The van der Waals surface area contributed by atoms with E-state index >= 15 is 0 Å². The molecule has 1 rings (SSSR count). The van der Waals surface area contributed by atoms with Gasteiger partial charge in [-0.1, -0.05) is 51.2 Å². The molecule has 0 amide bonds. The average molecular weight is 443 g/mol. The molecule has 0 saturated carbocycles. The van der Waals surface area contributed by atoms with Crippen LogP contribution in [0.3, 0.4) is 0 Å². The first-order valence-corrected chi connectivity index (χ1v) is 12.3. The highest BCUT2D eigenvalue weighted by atomic mass is 32.2. The van der Waals surface area contributed by atoms with Crippen molar-refractivity contribution < 1.29 is 22.8 Å². The molecule has 0 aliphatic carbocycles. The van der Waals surface area contributed by atoms with Gasteiger partial charge in [0.05, 0.1) is 45.8 Å². The number of benzene rings is 1. The smallest absolute Gasteiger partial charge is 0.305 e. The fraction of sp³-hybridized carbons (Fsp3) is 0.682. The molecule has 0 saturated heterocycles. The van der Waals surface area contributed by atoms with Crippen molar-refractivity contribution >= 4 is 21.9 Å². The molecule has 1 atom stereocenters. The van der Waals surface area contributed by atoms with Crippen LogP contribution in [0.4, 0.5) is 5.69 Å². The average Bonchev–Trinajstić information content (AvgIpc) is 2.62. The number of quaternary nitrogens is 1. The Morgan fingerprint density at radius 1 is 1.07 bits per heavy atom. The van der Waals surface area contributed by atoms with Crippen LogP contribution in [0.25, 0.3) is 0 Å². The molecule has 172 valence electrons. The summed E-state index contributed by atoms with van der Waals surface area (Å²) in [6.07, 6.45) is 8.19. The minimum atomic E-state index is -3.86. The Morgan fingerprint density at radius 3 is 2.17 bits per heavy atom. The van der Waals surface area contributed by atoms with Gasteiger partial charge in [-0.3, -0.25) is 9.10 Å². The van der Waals surface area contributed by atoms with E-state index in [1.54, 1.807) is 12.1 Å². The zero-order valence-corrected chi connectivity index (χ0v) is 20.0. The van der Waals surface area contributed by atoms with E-state index in [4.69, 9.17) is 5.11 Å². The van der Waals surface area contributed by atoms with Crippen LogP contribution in [0.5, 0.6) is 0 Å². The maximum Gasteiger partial charge on any atom is 0.305 e. The van der Waals surface area contributed by atoms with Crippen molar-refractivity contribution in [3.8, 4) is 0 Å². The Balaban J connectivity index is 2.70. The van der Waals surface area contributed by atoms with E-state index in [2.05, 4.69) is 11.6 Å². The molecule has 7 nitrogen and oxygen atoms in total. The summed E-state index contributed by atoms with van der Waals surface area (Å²) in [6, 6.07) is 6.85. The fourth-order valence-corrected chi connectivity index (χ4v) is 4.56. The Morgan fingerprint density at radius 2 is 1.63 bits per heavy atom. The van der Waals surface area contributed by atoms with E-state index in [0.717, 1.165) is 12.8 Å². The molecule has 0 spiro atoms. The molecule has 0 bridgehead atoms. The summed E-state index contributed by atoms with van der Waals surface area (Å²) in [5, 5.41) is 9.14. The Labute approximate surface area is 182 Å². The first-order valence-electron chi connectivity index (χ1n) is 10.8. The number of unbranched alkanes of at least 4 members (excludes halogenated alkanes) is 5. The van der Waals surface area contributed by atoms with Gasteiger partial charge in [-0.05, 0) is 30.5 Å². The number of likely N-dealkylation sites (N-methyl/N-ethyl adjacent to an activating group) is 1. The van der Waals surface area contributed by atoms with Crippen molar-refractivity contribution in [2.24, 2.45) is 0 Å². The van der Waals surface area contributed by atoms with Crippen LogP contribution in [-0.4, -0.2) is 64.8 Å². The molecule has 0 unspecified atom stereocenters. The highest BCUT2D eigenvalue weighted by Gasteiger charge is 2.28. The summed E-state index contributed by atoms with van der Waals surface area (Å²) in [5.74, 6) is -1.03. The monoisotopic (exact) mass is 442 g/mol. The molecule has 1 aromatic rings. The van der Waals surface area contributed by atoms with Crippen LogP contribution in [0, 0.1) is 0 Å². The summed E-state index contributed by atoms with van der Waals surface area (Å²) < 4.78 is 29.8. The summed E-state index contributed by atoms with van der Waals surface area (Å²) in [4.78, 5) is 11.2. The van der Waals surface area contributed by atoms with Gasteiger partial charge in [0, 0.05) is 7.05 Å². The lowest BCUT2D eigenvalue weighted by Crippen LogP contribution is -2.52. The van der Waals surface area contributed by atoms with Crippen LogP contribution >= 0.6 is 0 Å². The molecule has 0 aromatic heterocycles. The van der Waals surface area contributed by atoms with Gasteiger partial charge in [-0.2, -0.15) is 13.1 Å². The number of rotatable bonds is 15. The normalized spacial score (nSPS) is 13.2. The SMILES string of the molecule is CCCCCCCCc1ccc(N(C)S(=O)(=O)N[C@H](CC(=O)O)C[N+](C)(C)C)cc1. The minimum absolute atomic E-state index is 0.264. The first kappa shape index (κ1) is 26.4. The first-order chi connectivity index (χ1) is 13.9. The molecule has 2 N–H and O–H groups in total. The number of anilines is 1. The molecule has 30 heavy (non-hydrogen) atoms. The number of hydrogen-bond acceptors (Lipinski definition) is 3. The number of aryl methyl sites for hydroxylation is 1. The van der Waals surface area contributed by atoms with Crippen LogP contribution in [0.2, 0.25) is 0 Å². The lowest BCUT2D eigenvalue weighted by molar-refractivity contribution is -0.871. The molecule has 0 aliphatic rings. The number of carboxylic acids is 1. The molecule has 0 heterocycles. The molecule has 0 radical (unpaired) electrons. The second-order valence-corrected chi connectivity index (χ2v) is 10.8. The molecule has 1 aromatic carbocycles. The predicted octanol–water partition coefficient (Wildman–Crippen LogP) is 3.41. The third kappa shape index (κ3) is 10.4. The topological polar surface area (TPSA) is 86.7 Å². The number of carbonyl (C=O) groups is 1. The summed E-state index contributed by atoms with van der Waals surface area (Å²) in [7, 11) is 3.31. The standard InChI is InChI=1S/C22H39N3O4S/c1-6-7-8-9-10-11-12-19-13-15-21(16-14-19)24(2)30(28,29)23-20(17-22(26)27)18-25(3,4)5/h13-16,20,23H,6-12,17-18H2,1-5H3/p+1/t20-/m1/s1. The lowest BCUT2D eigenvalue weighted by atomic mass is 10.0. The van der Waals surface area contributed by atoms with Gasteiger partial charge in [0.15, 0.2) is 0 Å². The number of nitrogens with zero attached hydrogens (tertiary/aromatic N) is 2. The van der Waals surface area contributed by atoms with Crippen LogP contribution in [-0.2, 0) is 21.4 Å². The fourth-order valence-electron chi connectivity index (χ4n) is 3.43. The molecular formula is C22H40N3O4S+. The van der Waals surface area contributed by atoms with Gasteiger partial charge in [0.1, 0.15) is 0 Å². The van der Waals surface area contributed by atoms with Gasteiger partial charge in [-0.25, -0.2) is 0 Å². The Bertz CT molecular complexity index is 743. The summed E-state index contributed by atoms with van der Waals surface area (Å²) in [6.45, 7) is 2.58. The molecular weight excluding hydrogens is 402 g/mol. The largest absolute Gasteiger partial charge is 0.481 e. The van der Waals surface area contributed by atoms with Crippen molar-refractivity contribution in [3.05, 3.63) is 29.8 Å². The highest BCUT2D eigenvalue weighted by molar-refractivity contribution is 7.90. The number of aliphatic carboxylic acids is 1. The zero-order chi connectivity index (χ0) is 22.8. The van der Waals surface area contributed by atoms with Gasteiger partial charge < -0.3 is 9.59 Å². The van der Waals surface area contributed by atoms with Crippen LogP contribution in [0.1, 0.15) is 57.4 Å². The van der Waals surface area contributed by atoms with E-state index in [1.807, 2.05) is 33.3 Å². The van der Waals surface area contributed by atoms with E-state index in [1.165, 1.54) is 49.0 Å². The van der Waals surface area contributed by atoms with Crippen molar-refractivity contribution in [1.82, 2.24) is 4.72 Å². The summed E-state index contributed by atoms with van der Waals surface area (Å²) >= 11 is 0. The molecule has 0 fully saturated rings. The van der Waals surface area contributed by atoms with Crippen LogP contribution < -0.4 is 9.03 Å². The van der Waals surface area contributed by atoms with Crippen molar-refractivity contribution in [2.75, 3.05) is 39.0 Å². The zero-order valence-electron chi connectivity index (χ0n) is 19.2. The van der Waals surface area contributed by atoms with Gasteiger partial charge in [-0.15, -0.1) is 0 Å².